The third-order valence-electron chi connectivity index (χ3n) is 3.74. The van der Waals surface area contributed by atoms with Crippen LogP contribution in [0.5, 0.6) is 0 Å². The lowest BCUT2D eigenvalue weighted by atomic mass is 10.1. The fraction of sp³-hybridized carbons (Fsp3) is 0.111. The minimum atomic E-state index is -0.996. The average Bonchev–Trinajstić information content (AvgIpc) is 2.80. The van der Waals surface area contributed by atoms with Gasteiger partial charge in [-0.05, 0) is 19.1 Å². The van der Waals surface area contributed by atoms with Gasteiger partial charge < -0.3 is 0 Å². The number of hydrogen-bond donors (Lipinski definition) is 0. The van der Waals surface area contributed by atoms with Crippen LogP contribution in [0.4, 0.5) is 10.5 Å². The molecule has 2 aromatic rings. The fourth-order valence-electron chi connectivity index (χ4n) is 2.43. The molecule has 0 radical (unpaired) electrons. The summed E-state index contributed by atoms with van der Waals surface area (Å²) in [5.74, 6) is -2.36. The highest BCUT2D eigenvalue weighted by Gasteiger charge is 2.46. The molecule has 1 aliphatic heterocycles. The molecule has 0 N–H and O–H groups in total. The van der Waals surface area contributed by atoms with E-state index < -0.39 is 30.2 Å². The highest BCUT2D eigenvalue weighted by Crippen LogP contribution is 2.22. The molecule has 3 rings (SSSR count). The zero-order chi connectivity index (χ0) is 17.3. The van der Waals surface area contributed by atoms with Crippen LogP contribution >= 0.6 is 0 Å². The Bertz CT molecular complexity index is 828. The lowest BCUT2D eigenvalue weighted by Crippen LogP contribution is -2.37. The second kappa shape index (κ2) is 6.08. The van der Waals surface area contributed by atoms with Crippen molar-refractivity contribution in [3.05, 3.63) is 65.7 Å². The number of rotatable bonds is 4. The van der Waals surface area contributed by atoms with Crippen LogP contribution in [0.2, 0.25) is 0 Å². The smallest absolute Gasteiger partial charge is 0.292 e. The lowest BCUT2D eigenvalue weighted by molar-refractivity contribution is -0.139. The summed E-state index contributed by atoms with van der Waals surface area (Å²) in [5.41, 5.74) is 1.64. The van der Waals surface area contributed by atoms with Gasteiger partial charge in [0.25, 0.3) is 0 Å². The summed E-state index contributed by atoms with van der Waals surface area (Å²) in [6, 6.07) is 14.1. The van der Waals surface area contributed by atoms with Crippen molar-refractivity contribution in [1.82, 2.24) is 4.90 Å². The van der Waals surface area contributed by atoms with E-state index in [2.05, 4.69) is 0 Å². The van der Waals surface area contributed by atoms with Crippen LogP contribution < -0.4 is 4.90 Å². The van der Waals surface area contributed by atoms with Gasteiger partial charge in [0.1, 0.15) is 0 Å². The standard InChI is InChI=1S/C18H14N2O4/c1-12-7-9-14(10-8-12)20-17(23)16(22)19(18(20)24)11-15(21)13-5-3-2-4-6-13/h2-10H,11H2,1H3. The Labute approximate surface area is 138 Å². The van der Waals surface area contributed by atoms with Crippen LogP contribution in [0, 0.1) is 6.92 Å². The SMILES string of the molecule is Cc1ccc(N2C(=O)C(=O)N(CC(=O)c3ccccc3)C2=O)cc1. The Morgan fingerprint density at radius 2 is 1.50 bits per heavy atom. The molecular formula is C18H14N2O4. The Morgan fingerprint density at radius 3 is 2.12 bits per heavy atom. The molecule has 6 heteroatoms. The maximum atomic E-state index is 12.4. The third kappa shape index (κ3) is 2.69. The number of hydrogen-bond acceptors (Lipinski definition) is 4. The van der Waals surface area contributed by atoms with Crippen molar-refractivity contribution in [3.63, 3.8) is 0 Å². The molecule has 24 heavy (non-hydrogen) atoms. The van der Waals surface area contributed by atoms with Gasteiger partial charge in [0.15, 0.2) is 5.78 Å². The van der Waals surface area contributed by atoms with E-state index in [1.807, 2.05) is 6.92 Å². The molecule has 2 aromatic carbocycles. The Kier molecular flexibility index (Phi) is 3.95. The molecule has 1 fully saturated rings. The maximum Gasteiger partial charge on any atom is 0.339 e. The van der Waals surface area contributed by atoms with Crippen molar-refractivity contribution in [3.8, 4) is 0 Å². The number of Topliss-reactive ketones (excluding diaryl/α,β-unsaturated/α-hetero) is 1. The maximum absolute atomic E-state index is 12.4. The zero-order valence-electron chi connectivity index (χ0n) is 12.9. The highest BCUT2D eigenvalue weighted by molar-refractivity contribution is 6.53. The molecule has 1 saturated heterocycles. The van der Waals surface area contributed by atoms with Crippen LogP contribution in [0.25, 0.3) is 0 Å². The molecule has 0 saturated carbocycles. The van der Waals surface area contributed by atoms with Gasteiger partial charge in [-0.15, -0.1) is 0 Å². The molecule has 0 aliphatic carbocycles. The number of ketones is 1. The Morgan fingerprint density at radius 1 is 0.875 bits per heavy atom. The third-order valence-corrected chi connectivity index (χ3v) is 3.74. The van der Waals surface area contributed by atoms with Crippen LogP contribution in [0.3, 0.4) is 0 Å². The number of urea groups is 1. The van der Waals surface area contributed by atoms with Crippen molar-refractivity contribution >= 4 is 29.3 Å². The molecule has 0 aromatic heterocycles. The molecule has 0 spiro atoms. The van der Waals surface area contributed by atoms with Crippen molar-refractivity contribution in [1.29, 1.82) is 0 Å². The molecular weight excluding hydrogens is 308 g/mol. The predicted octanol–water partition coefficient (Wildman–Crippen LogP) is 2.17. The highest BCUT2D eigenvalue weighted by atomic mass is 16.2. The van der Waals surface area contributed by atoms with Crippen LogP contribution in [0.15, 0.2) is 54.6 Å². The van der Waals surface area contributed by atoms with Gasteiger partial charge in [0.2, 0.25) is 0 Å². The minimum absolute atomic E-state index is 0.304. The van der Waals surface area contributed by atoms with Gasteiger partial charge in [0, 0.05) is 5.56 Å². The molecule has 0 atom stereocenters. The average molecular weight is 322 g/mol. The molecule has 4 amide bonds. The second-order valence-corrected chi connectivity index (χ2v) is 5.44. The summed E-state index contributed by atoms with van der Waals surface area (Å²) in [6.07, 6.45) is 0. The normalized spacial score (nSPS) is 14.5. The summed E-state index contributed by atoms with van der Waals surface area (Å²) in [4.78, 5) is 50.3. The van der Waals surface area contributed by atoms with Crippen molar-refractivity contribution < 1.29 is 19.2 Å². The first-order valence-electron chi connectivity index (χ1n) is 7.34. The number of imide groups is 2. The van der Waals surface area contributed by atoms with E-state index in [1.54, 1.807) is 54.6 Å². The van der Waals surface area contributed by atoms with Crippen LogP contribution in [-0.2, 0) is 9.59 Å². The summed E-state index contributed by atoms with van der Waals surface area (Å²) < 4.78 is 0. The lowest BCUT2D eigenvalue weighted by Gasteiger charge is -2.15. The van der Waals surface area contributed by atoms with Crippen molar-refractivity contribution in [2.24, 2.45) is 0 Å². The number of carbonyl (C=O) groups excluding carboxylic acids is 4. The van der Waals surface area contributed by atoms with E-state index in [4.69, 9.17) is 0 Å². The Hall–Kier alpha value is -3.28. The summed E-state index contributed by atoms with van der Waals surface area (Å²) in [6.45, 7) is 1.41. The summed E-state index contributed by atoms with van der Waals surface area (Å²) in [7, 11) is 0. The number of anilines is 1. The first-order chi connectivity index (χ1) is 11.5. The largest absolute Gasteiger partial charge is 0.339 e. The van der Waals surface area contributed by atoms with Gasteiger partial charge in [-0.2, -0.15) is 0 Å². The summed E-state index contributed by atoms with van der Waals surface area (Å²) in [5, 5.41) is 0. The van der Waals surface area contributed by atoms with Crippen LogP contribution in [-0.4, -0.2) is 35.1 Å². The van der Waals surface area contributed by atoms with Crippen molar-refractivity contribution in [2.75, 3.05) is 11.4 Å². The van der Waals surface area contributed by atoms with E-state index in [9.17, 15) is 19.2 Å². The minimum Gasteiger partial charge on any atom is -0.292 e. The molecule has 1 heterocycles. The second-order valence-electron chi connectivity index (χ2n) is 5.44. The first-order valence-corrected chi connectivity index (χ1v) is 7.34. The molecule has 0 unspecified atom stereocenters. The quantitative estimate of drug-likeness (QED) is 0.491. The van der Waals surface area contributed by atoms with Gasteiger partial charge in [0.05, 0.1) is 12.2 Å². The van der Waals surface area contributed by atoms with E-state index in [1.165, 1.54) is 0 Å². The fourth-order valence-corrected chi connectivity index (χ4v) is 2.43. The molecule has 120 valence electrons. The van der Waals surface area contributed by atoms with E-state index >= 15 is 0 Å². The predicted molar refractivity (Wildman–Crippen MR) is 86.5 cm³/mol. The zero-order valence-corrected chi connectivity index (χ0v) is 12.9. The molecule has 6 nitrogen and oxygen atoms in total. The summed E-state index contributed by atoms with van der Waals surface area (Å²) >= 11 is 0. The molecule has 0 bridgehead atoms. The van der Waals surface area contributed by atoms with Gasteiger partial charge in [-0.25, -0.2) is 14.6 Å². The van der Waals surface area contributed by atoms with E-state index in [0.717, 1.165) is 10.5 Å². The van der Waals surface area contributed by atoms with E-state index in [0.29, 0.717) is 16.2 Å². The van der Waals surface area contributed by atoms with Gasteiger partial charge in [-0.1, -0.05) is 48.0 Å². The van der Waals surface area contributed by atoms with Gasteiger partial charge >= 0.3 is 17.8 Å². The van der Waals surface area contributed by atoms with Crippen molar-refractivity contribution in [2.45, 2.75) is 6.92 Å². The number of nitrogens with zero attached hydrogens (tertiary/aromatic N) is 2. The first kappa shape index (κ1) is 15.6. The number of carbonyl (C=O) groups is 4. The Balaban J connectivity index is 1.84. The van der Waals surface area contributed by atoms with E-state index in [-0.39, 0.29) is 0 Å². The van der Waals surface area contributed by atoms with Crippen LogP contribution in [0.1, 0.15) is 15.9 Å². The number of benzene rings is 2. The number of aryl methyl sites for hydroxylation is 1. The van der Waals surface area contributed by atoms with Gasteiger partial charge in [-0.3, -0.25) is 14.4 Å². The monoisotopic (exact) mass is 322 g/mol. The topological polar surface area (TPSA) is 74.8 Å². The molecule has 1 aliphatic rings. The number of amides is 4.